The Balaban J connectivity index is 1.46. The van der Waals surface area contributed by atoms with Crippen LogP contribution in [-0.4, -0.2) is 18.7 Å². The molecule has 0 bridgehead atoms. The standard InChI is InChI=1S/C33H23N5/c1-35-19-20-36(22-35)24-15-16-27-25-11-5-8-14-30(25)38(31(27)21-24)32-18-17-28-26-12-6-7-13-29(26)37(33(28)34-32)23-9-3-2-4-10-23/h2-21H,1H3. The third-order valence-electron chi connectivity index (χ3n) is 7.39. The predicted octanol–water partition coefficient (Wildman–Crippen LogP) is 6.69. The van der Waals surface area contributed by atoms with E-state index in [0.29, 0.717) is 0 Å². The summed E-state index contributed by atoms with van der Waals surface area (Å²) in [6.45, 7) is 0. The molecule has 180 valence electrons. The fourth-order valence-electron chi connectivity index (χ4n) is 5.70. The Labute approximate surface area is 219 Å². The molecule has 0 aliphatic rings. The monoisotopic (exact) mass is 489 g/mol. The first-order valence-corrected chi connectivity index (χ1v) is 12.7. The summed E-state index contributed by atoms with van der Waals surface area (Å²) in [5, 5.41) is 4.75. The number of aryl methyl sites for hydroxylation is 1. The minimum Gasteiger partial charge on any atom is -0.326 e. The summed E-state index contributed by atoms with van der Waals surface area (Å²) in [4.78, 5) is 5.35. The van der Waals surface area contributed by atoms with Crippen LogP contribution in [0, 0.1) is 6.33 Å². The van der Waals surface area contributed by atoms with Gasteiger partial charge in [0.25, 0.3) is 0 Å². The molecule has 4 aromatic heterocycles. The van der Waals surface area contributed by atoms with Crippen molar-refractivity contribution in [2.75, 3.05) is 0 Å². The first kappa shape index (κ1) is 21.0. The number of imidazole rings is 1. The Morgan fingerprint density at radius 3 is 2.03 bits per heavy atom. The van der Waals surface area contributed by atoms with Crippen molar-refractivity contribution in [1.82, 2.24) is 18.7 Å². The summed E-state index contributed by atoms with van der Waals surface area (Å²) >= 11 is 0. The normalized spacial score (nSPS) is 11.8. The van der Waals surface area contributed by atoms with Gasteiger partial charge in [0.15, 0.2) is 0 Å². The summed E-state index contributed by atoms with van der Waals surface area (Å²) < 4.78 is 8.50. The number of nitrogens with zero attached hydrogens (tertiary/aromatic N) is 5. The molecule has 8 rings (SSSR count). The number of rotatable bonds is 3. The zero-order chi connectivity index (χ0) is 25.2. The van der Waals surface area contributed by atoms with Crippen LogP contribution in [0.25, 0.3) is 60.9 Å². The van der Waals surface area contributed by atoms with Crippen molar-refractivity contribution < 1.29 is 4.57 Å². The third kappa shape index (κ3) is 2.99. The van der Waals surface area contributed by atoms with Gasteiger partial charge in [-0.25, -0.2) is 4.98 Å². The van der Waals surface area contributed by atoms with Gasteiger partial charge in [-0.3, -0.25) is 9.13 Å². The van der Waals surface area contributed by atoms with Gasteiger partial charge in [0.1, 0.15) is 11.5 Å². The average Bonchev–Trinajstić information content (AvgIpc) is 3.64. The fourth-order valence-corrected chi connectivity index (χ4v) is 5.70. The highest BCUT2D eigenvalue weighted by Gasteiger charge is 2.17. The van der Waals surface area contributed by atoms with Crippen LogP contribution in [0.3, 0.4) is 0 Å². The molecular formula is C33H23N5. The Morgan fingerprint density at radius 2 is 1.26 bits per heavy atom. The number of hydrogen-bond donors (Lipinski definition) is 0. The van der Waals surface area contributed by atoms with Gasteiger partial charge in [-0.15, -0.1) is 0 Å². The van der Waals surface area contributed by atoms with Crippen LogP contribution < -0.4 is 4.57 Å². The Morgan fingerprint density at radius 1 is 0.605 bits per heavy atom. The van der Waals surface area contributed by atoms with Crippen molar-refractivity contribution in [3.05, 3.63) is 128 Å². The number of pyridine rings is 1. The van der Waals surface area contributed by atoms with E-state index >= 15 is 0 Å². The molecule has 0 aliphatic heterocycles. The van der Waals surface area contributed by atoms with E-state index in [1.54, 1.807) is 0 Å². The number of hydrogen-bond acceptors (Lipinski definition) is 1. The molecule has 0 saturated carbocycles. The van der Waals surface area contributed by atoms with Gasteiger partial charge in [-0.2, -0.15) is 0 Å². The van der Waals surface area contributed by atoms with Crippen molar-refractivity contribution in [3.63, 3.8) is 0 Å². The fraction of sp³-hybridized carbons (Fsp3) is 0.0303. The summed E-state index contributed by atoms with van der Waals surface area (Å²) in [6.07, 6.45) is 7.34. The van der Waals surface area contributed by atoms with E-state index in [1.807, 2.05) is 34.6 Å². The van der Waals surface area contributed by atoms with E-state index in [0.717, 1.165) is 44.8 Å². The average molecular weight is 490 g/mol. The van der Waals surface area contributed by atoms with Crippen LogP contribution in [0.4, 0.5) is 0 Å². The van der Waals surface area contributed by atoms with Crippen molar-refractivity contribution in [3.8, 4) is 17.2 Å². The lowest BCUT2D eigenvalue weighted by molar-refractivity contribution is -0.674. The Bertz CT molecular complexity index is 2140. The topological polar surface area (TPSA) is 31.6 Å². The summed E-state index contributed by atoms with van der Waals surface area (Å²) in [6, 6.07) is 38.5. The Hall–Kier alpha value is -5.16. The molecule has 8 aromatic rings. The summed E-state index contributed by atoms with van der Waals surface area (Å²) in [5.41, 5.74) is 6.51. The maximum absolute atomic E-state index is 5.35. The number of benzene rings is 4. The number of fused-ring (bicyclic) bond motifs is 6. The first-order valence-electron chi connectivity index (χ1n) is 12.7. The maximum Gasteiger partial charge on any atom is 0.243 e. The van der Waals surface area contributed by atoms with Gasteiger partial charge in [0, 0.05) is 39.6 Å². The molecule has 5 nitrogen and oxygen atoms in total. The van der Waals surface area contributed by atoms with Crippen LogP contribution in [0.5, 0.6) is 0 Å². The van der Waals surface area contributed by atoms with Gasteiger partial charge < -0.3 is 9.13 Å². The highest BCUT2D eigenvalue weighted by atomic mass is 15.1. The van der Waals surface area contributed by atoms with E-state index in [2.05, 4.69) is 119 Å². The molecule has 0 aliphatic carbocycles. The van der Waals surface area contributed by atoms with Crippen molar-refractivity contribution in [1.29, 1.82) is 0 Å². The summed E-state index contributed by atoms with van der Waals surface area (Å²) in [5.74, 6) is 0.892. The maximum atomic E-state index is 5.35. The van der Waals surface area contributed by atoms with Crippen LogP contribution in [0.15, 0.2) is 122 Å². The second kappa shape index (κ2) is 7.92. The molecule has 0 saturated heterocycles. The largest absolute Gasteiger partial charge is 0.326 e. The molecule has 0 N–H and O–H groups in total. The quantitative estimate of drug-likeness (QED) is 0.201. The Kier molecular flexibility index (Phi) is 4.37. The van der Waals surface area contributed by atoms with Crippen LogP contribution in [-0.2, 0) is 7.05 Å². The third-order valence-corrected chi connectivity index (χ3v) is 7.39. The van der Waals surface area contributed by atoms with E-state index in [4.69, 9.17) is 4.98 Å². The summed E-state index contributed by atoms with van der Waals surface area (Å²) in [7, 11) is 1.98. The molecule has 5 heteroatoms. The molecule has 0 fully saturated rings. The molecule has 0 unspecified atom stereocenters. The lowest BCUT2D eigenvalue weighted by atomic mass is 10.1. The predicted molar refractivity (Wildman–Crippen MR) is 152 cm³/mol. The van der Waals surface area contributed by atoms with E-state index in [-0.39, 0.29) is 0 Å². The molecular weight excluding hydrogens is 466 g/mol. The molecule has 4 aromatic carbocycles. The second-order valence-corrected chi connectivity index (χ2v) is 9.66. The zero-order valence-corrected chi connectivity index (χ0v) is 20.8. The van der Waals surface area contributed by atoms with Crippen LogP contribution in [0.1, 0.15) is 0 Å². The van der Waals surface area contributed by atoms with Gasteiger partial charge in [0.2, 0.25) is 6.33 Å². The molecule has 0 atom stereocenters. The highest BCUT2D eigenvalue weighted by molar-refractivity contribution is 6.11. The smallest absolute Gasteiger partial charge is 0.243 e. The lowest BCUT2D eigenvalue weighted by Crippen LogP contribution is -2.24. The number of aromatic nitrogens is 5. The number of para-hydroxylation sites is 3. The highest BCUT2D eigenvalue weighted by Crippen LogP contribution is 2.35. The minimum absolute atomic E-state index is 0.892. The molecule has 0 spiro atoms. The van der Waals surface area contributed by atoms with E-state index in [9.17, 15) is 0 Å². The first-order chi connectivity index (χ1) is 18.8. The van der Waals surface area contributed by atoms with Gasteiger partial charge in [-0.1, -0.05) is 66.7 Å². The molecule has 38 heavy (non-hydrogen) atoms. The zero-order valence-electron chi connectivity index (χ0n) is 20.8. The SMILES string of the molecule is C[n+]1[c-]n(-c2ccc3c4ccccc4n(-c4ccc5c6ccccc6n(-c6ccccc6)c5n4)c3c2)cc1. The van der Waals surface area contributed by atoms with Crippen LogP contribution in [0.2, 0.25) is 0 Å². The van der Waals surface area contributed by atoms with Crippen LogP contribution >= 0.6 is 0 Å². The second-order valence-electron chi connectivity index (χ2n) is 9.66. The van der Waals surface area contributed by atoms with Crippen molar-refractivity contribution in [2.24, 2.45) is 7.05 Å². The van der Waals surface area contributed by atoms with Crippen molar-refractivity contribution >= 4 is 43.7 Å². The van der Waals surface area contributed by atoms with Gasteiger partial charge >= 0.3 is 0 Å². The molecule has 0 radical (unpaired) electrons. The van der Waals surface area contributed by atoms with E-state index in [1.165, 1.54) is 16.2 Å². The van der Waals surface area contributed by atoms with Gasteiger partial charge in [-0.05, 0) is 42.5 Å². The molecule has 0 amide bonds. The van der Waals surface area contributed by atoms with Crippen molar-refractivity contribution in [2.45, 2.75) is 0 Å². The minimum atomic E-state index is 0.892. The molecule has 4 heterocycles. The van der Waals surface area contributed by atoms with Gasteiger partial charge in [0.05, 0.1) is 29.3 Å². The lowest BCUT2D eigenvalue weighted by Gasteiger charge is -2.11. The van der Waals surface area contributed by atoms with E-state index < -0.39 is 0 Å².